The third-order valence-corrected chi connectivity index (χ3v) is 6.09. The Morgan fingerprint density at radius 2 is 1.59 bits per heavy atom. The van der Waals surface area contributed by atoms with E-state index in [0.717, 1.165) is 5.69 Å². The van der Waals surface area contributed by atoms with Gasteiger partial charge in [0, 0.05) is 36.4 Å². The predicted octanol–water partition coefficient (Wildman–Crippen LogP) is 2.48. The number of fused-ring (bicyclic) bond motifs is 1. The highest BCUT2D eigenvalue weighted by Gasteiger charge is 2.34. The van der Waals surface area contributed by atoms with Crippen molar-refractivity contribution in [2.24, 2.45) is 5.73 Å². The number of rotatable bonds is 5. The summed E-state index contributed by atoms with van der Waals surface area (Å²) in [6.07, 6.45) is 4.64. The van der Waals surface area contributed by atoms with Crippen LogP contribution in [0.5, 0.6) is 5.75 Å². The smallest absolute Gasteiger partial charge is 0.277 e. The summed E-state index contributed by atoms with van der Waals surface area (Å²) in [4.78, 5) is 41.2. The number of primary amides is 1. The molecule has 0 fully saturated rings. The molecule has 3 amide bonds. The van der Waals surface area contributed by atoms with Gasteiger partial charge in [-0.2, -0.15) is 5.10 Å². The first-order chi connectivity index (χ1) is 16.5. The lowest BCUT2D eigenvalue weighted by molar-refractivity contribution is -0.117. The molecule has 0 bridgehead atoms. The standard InChI is InChI=1S/C25H23N5O4/c1-34-19-11-9-18(10-12-19)30-23-20(22(27-30)24(26)32)13-15-29(25(23)33)17-7-5-16(6-8-17)28-14-3-2-4-21(28)31/h2-3,5-12H,4,13-15H2,1H3,(H2,26,32). The van der Waals surface area contributed by atoms with E-state index >= 15 is 0 Å². The van der Waals surface area contributed by atoms with Gasteiger partial charge in [-0.15, -0.1) is 0 Å². The van der Waals surface area contributed by atoms with Crippen molar-refractivity contribution < 1.29 is 19.1 Å². The second-order valence-electron chi connectivity index (χ2n) is 8.05. The molecule has 0 saturated carbocycles. The van der Waals surface area contributed by atoms with E-state index in [0.29, 0.717) is 54.3 Å². The zero-order valence-corrected chi connectivity index (χ0v) is 18.6. The number of benzene rings is 2. The van der Waals surface area contributed by atoms with E-state index in [9.17, 15) is 14.4 Å². The monoisotopic (exact) mass is 457 g/mol. The van der Waals surface area contributed by atoms with Crippen LogP contribution in [0, 0.1) is 0 Å². The fraction of sp³-hybridized carbons (Fsp3) is 0.200. The molecule has 2 aromatic carbocycles. The average molecular weight is 457 g/mol. The highest BCUT2D eigenvalue weighted by Crippen LogP contribution is 2.30. The molecule has 2 aliphatic heterocycles. The minimum atomic E-state index is -0.672. The molecule has 0 unspecified atom stereocenters. The molecule has 3 heterocycles. The maximum absolute atomic E-state index is 13.6. The molecule has 34 heavy (non-hydrogen) atoms. The van der Waals surface area contributed by atoms with Crippen molar-refractivity contribution in [3.8, 4) is 11.4 Å². The van der Waals surface area contributed by atoms with Crippen LogP contribution in [0.4, 0.5) is 11.4 Å². The van der Waals surface area contributed by atoms with E-state index in [-0.39, 0.29) is 17.5 Å². The van der Waals surface area contributed by atoms with Crippen LogP contribution < -0.4 is 20.3 Å². The van der Waals surface area contributed by atoms with Gasteiger partial charge < -0.3 is 20.3 Å². The van der Waals surface area contributed by atoms with Crippen LogP contribution in [0.2, 0.25) is 0 Å². The van der Waals surface area contributed by atoms with Crippen molar-refractivity contribution in [2.45, 2.75) is 12.8 Å². The highest BCUT2D eigenvalue weighted by atomic mass is 16.5. The molecule has 1 aromatic heterocycles. The summed E-state index contributed by atoms with van der Waals surface area (Å²) < 4.78 is 6.68. The first kappa shape index (κ1) is 21.4. The molecule has 0 saturated heterocycles. The number of aromatic nitrogens is 2. The Hall–Kier alpha value is -4.40. The van der Waals surface area contributed by atoms with E-state index in [1.807, 2.05) is 36.4 Å². The normalized spacial score (nSPS) is 15.4. The fourth-order valence-corrected chi connectivity index (χ4v) is 4.35. The van der Waals surface area contributed by atoms with Crippen molar-refractivity contribution in [1.29, 1.82) is 0 Å². The van der Waals surface area contributed by atoms with Crippen LogP contribution >= 0.6 is 0 Å². The van der Waals surface area contributed by atoms with Gasteiger partial charge in [0.25, 0.3) is 11.8 Å². The number of nitrogens with zero attached hydrogens (tertiary/aromatic N) is 4. The van der Waals surface area contributed by atoms with Gasteiger partial charge in [-0.05, 0) is 55.0 Å². The number of hydrogen-bond acceptors (Lipinski definition) is 5. The molecule has 2 N–H and O–H groups in total. The molecule has 0 radical (unpaired) electrons. The lowest BCUT2D eigenvalue weighted by Gasteiger charge is -2.29. The zero-order valence-electron chi connectivity index (χ0n) is 18.6. The number of anilines is 2. The summed E-state index contributed by atoms with van der Waals surface area (Å²) in [5.41, 5.74) is 8.62. The molecule has 9 nitrogen and oxygen atoms in total. The lowest BCUT2D eigenvalue weighted by atomic mass is 10.0. The Morgan fingerprint density at radius 1 is 0.941 bits per heavy atom. The molecule has 0 atom stereocenters. The van der Waals surface area contributed by atoms with E-state index < -0.39 is 5.91 Å². The molecule has 2 aliphatic rings. The van der Waals surface area contributed by atoms with Gasteiger partial charge in [0.1, 0.15) is 11.4 Å². The SMILES string of the molecule is COc1ccc(-n2nc(C(N)=O)c3c2C(=O)N(c2ccc(N4CC=CCC4=O)cc2)CC3)cc1. The fourth-order valence-electron chi connectivity index (χ4n) is 4.35. The van der Waals surface area contributed by atoms with Gasteiger partial charge in [-0.3, -0.25) is 14.4 Å². The molecule has 0 aliphatic carbocycles. The first-order valence-corrected chi connectivity index (χ1v) is 10.9. The van der Waals surface area contributed by atoms with Gasteiger partial charge in [-0.25, -0.2) is 4.68 Å². The Balaban J connectivity index is 1.50. The first-order valence-electron chi connectivity index (χ1n) is 10.9. The van der Waals surface area contributed by atoms with Crippen LogP contribution in [0.25, 0.3) is 5.69 Å². The minimum Gasteiger partial charge on any atom is -0.497 e. The maximum Gasteiger partial charge on any atom is 0.277 e. The van der Waals surface area contributed by atoms with Crippen LogP contribution in [0.3, 0.4) is 0 Å². The van der Waals surface area contributed by atoms with Crippen LogP contribution in [0.15, 0.2) is 60.7 Å². The van der Waals surface area contributed by atoms with E-state index in [1.165, 1.54) is 4.68 Å². The molecule has 9 heteroatoms. The number of ether oxygens (including phenoxy) is 1. The van der Waals surface area contributed by atoms with Crippen molar-refractivity contribution in [2.75, 3.05) is 30.0 Å². The van der Waals surface area contributed by atoms with Gasteiger partial charge in [-0.1, -0.05) is 12.2 Å². The number of carbonyl (C=O) groups excluding carboxylic acids is 3. The number of carbonyl (C=O) groups is 3. The van der Waals surface area contributed by atoms with Crippen LogP contribution in [-0.2, 0) is 11.2 Å². The molecular formula is C25H23N5O4. The predicted molar refractivity (Wildman–Crippen MR) is 127 cm³/mol. The Kier molecular flexibility index (Phi) is 5.37. The summed E-state index contributed by atoms with van der Waals surface area (Å²) in [5, 5.41) is 4.38. The molecule has 172 valence electrons. The Morgan fingerprint density at radius 3 is 2.21 bits per heavy atom. The van der Waals surface area contributed by atoms with Crippen molar-refractivity contribution in [3.05, 3.63) is 77.6 Å². The van der Waals surface area contributed by atoms with E-state index in [1.54, 1.807) is 41.2 Å². The summed E-state index contributed by atoms with van der Waals surface area (Å²) in [6.45, 7) is 0.909. The number of amides is 3. The van der Waals surface area contributed by atoms with Crippen LogP contribution in [-0.4, -0.2) is 47.7 Å². The number of nitrogens with two attached hydrogens (primary N) is 1. The minimum absolute atomic E-state index is 0.0383. The van der Waals surface area contributed by atoms with E-state index in [2.05, 4.69) is 5.10 Å². The zero-order chi connectivity index (χ0) is 23.8. The van der Waals surface area contributed by atoms with Gasteiger partial charge in [0.05, 0.1) is 12.8 Å². The van der Waals surface area contributed by atoms with Gasteiger partial charge in [0.15, 0.2) is 5.69 Å². The molecule has 5 rings (SSSR count). The van der Waals surface area contributed by atoms with Gasteiger partial charge in [0.2, 0.25) is 5.91 Å². The quantitative estimate of drug-likeness (QED) is 0.592. The summed E-state index contributed by atoms with van der Waals surface area (Å²) in [7, 11) is 1.57. The second kappa shape index (κ2) is 8.51. The number of hydrogen-bond donors (Lipinski definition) is 1. The second-order valence-corrected chi connectivity index (χ2v) is 8.05. The topological polar surface area (TPSA) is 111 Å². The average Bonchev–Trinajstić information content (AvgIpc) is 3.26. The Bertz CT molecular complexity index is 1310. The molecule has 0 spiro atoms. The largest absolute Gasteiger partial charge is 0.497 e. The molecule has 3 aromatic rings. The summed E-state index contributed by atoms with van der Waals surface area (Å²) in [6, 6.07) is 14.4. The summed E-state index contributed by atoms with van der Waals surface area (Å²) in [5.74, 6) is -0.247. The van der Waals surface area contributed by atoms with Gasteiger partial charge >= 0.3 is 0 Å². The number of methoxy groups -OCH3 is 1. The van der Waals surface area contributed by atoms with Crippen molar-refractivity contribution in [3.63, 3.8) is 0 Å². The third-order valence-electron chi connectivity index (χ3n) is 6.09. The Labute approximate surface area is 196 Å². The molecular weight excluding hydrogens is 434 g/mol. The summed E-state index contributed by atoms with van der Waals surface area (Å²) >= 11 is 0. The van der Waals surface area contributed by atoms with E-state index in [4.69, 9.17) is 10.5 Å². The third kappa shape index (κ3) is 3.61. The highest BCUT2D eigenvalue weighted by molar-refractivity contribution is 6.09. The van der Waals surface area contributed by atoms with Crippen molar-refractivity contribution >= 4 is 29.1 Å². The van der Waals surface area contributed by atoms with Crippen molar-refractivity contribution in [1.82, 2.24) is 9.78 Å². The lowest BCUT2D eigenvalue weighted by Crippen LogP contribution is -2.39. The van der Waals surface area contributed by atoms with Crippen LogP contribution in [0.1, 0.15) is 33.0 Å². The maximum atomic E-state index is 13.6.